The molecule has 3 aromatic rings. The molecule has 0 aromatic carbocycles. The van der Waals surface area contributed by atoms with Crippen molar-refractivity contribution < 1.29 is 4.52 Å². The van der Waals surface area contributed by atoms with Gasteiger partial charge in [0.1, 0.15) is 6.26 Å². The molecule has 0 N–H and O–H groups in total. The average molecular weight is 337 g/mol. The van der Waals surface area contributed by atoms with Crippen LogP contribution in [0.3, 0.4) is 0 Å². The lowest BCUT2D eigenvalue weighted by molar-refractivity contribution is 0.211. The summed E-state index contributed by atoms with van der Waals surface area (Å²) in [6.07, 6.45) is 7.22. The van der Waals surface area contributed by atoms with E-state index >= 15 is 0 Å². The fourth-order valence-electron chi connectivity index (χ4n) is 3.28. The lowest BCUT2D eigenvalue weighted by Crippen LogP contribution is -2.36. The second-order valence-electron chi connectivity index (χ2n) is 6.24. The Kier molecular flexibility index (Phi) is 4.39. The third-order valence-electron chi connectivity index (χ3n) is 4.56. The molecule has 1 unspecified atom stereocenters. The molecular weight excluding hydrogens is 318 g/mol. The van der Waals surface area contributed by atoms with Crippen LogP contribution in [0.15, 0.2) is 58.3 Å². The molecule has 1 aliphatic rings. The highest BCUT2D eigenvalue weighted by molar-refractivity contribution is 5.56. The van der Waals surface area contributed by atoms with E-state index in [2.05, 4.69) is 20.1 Å². The van der Waals surface area contributed by atoms with Crippen molar-refractivity contribution in [3.05, 3.63) is 65.0 Å². The molecule has 0 amide bonds. The Balaban J connectivity index is 1.54. The summed E-state index contributed by atoms with van der Waals surface area (Å²) >= 11 is 0. The van der Waals surface area contributed by atoms with Crippen molar-refractivity contribution >= 4 is 0 Å². The minimum Gasteiger partial charge on any atom is -0.364 e. The lowest BCUT2D eigenvalue weighted by atomic mass is 10.2. The molecule has 0 aliphatic carbocycles. The summed E-state index contributed by atoms with van der Waals surface area (Å²) in [7, 11) is 0. The van der Waals surface area contributed by atoms with Crippen LogP contribution < -0.4 is 5.56 Å². The van der Waals surface area contributed by atoms with Crippen LogP contribution in [-0.2, 0) is 13.1 Å². The zero-order valence-corrected chi connectivity index (χ0v) is 13.8. The highest BCUT2D eigenvalue weighted by atomic mass is 16.5. The van der Waals surface area contributed by atoms with Crippen molar-refractivity contribution in [2.24, 2.45) is 0 Å². The van der Waals surface area contributed by atoms with Crippen LogP contribution >= 0.6 is 0 Å². The summed E-state index contributed by atoms with van der Waals surface area (Å²) in [4.78, 5) is 18.7. The molecular formula is C18H19N5O2. The molecule has 1 aliphatic heterocycles. The van der Waals surface area contributed by atoms with Crippen LogP contribution in [-0.4, -0.2) is 37.4 Å². The maximum absolute atomic E-state index is 12.3. The molecule has 25 heavy (non-hydrogen) atoms. The number of likely N-dealkylation sites (tertiary alicyclic amines) is 1. The van der Waals surface area contributed by atoms with Gasteiger partial charge in [0, 0.05) is 42.7 Å². The van der Waals surface area contributed by atoms with E-state index in [9.17, 15) is 4.79 Å². The third-order valence-corrected chi connectivity index (χ3v) is 4.56. The van der Waals surface area contributed by atoms with E-state index in [1.54, 1.807) is 35.5 Å². The maximum atomic E-state index is 12.3. The molecule has 1 saturated heterocycles. The first kappa shape index (κ1) is 15.7. The lowest BCUT2D eigenvalue weighted by Gasteiger charge is -2.23. The van der Waals surface area contributed by atoms with Gasteiger partial charge in [-0.1, -0.05) is 5.16 Å². The molecule has 0 radical (unpaired) electrons. The summed E-state index contributed by atoms with van der Waals surface area (Å²) in [5.41, 5.74) is 2.49. The van der Waals surface area contributed by atoms with Crippen LogP contribution in [0.4, 0.5) is 0 Å². The van der Waals surface area contributed by atoms with Gasteiger partial charge in [-0.15, -0.1) is 0 Å². The van der Waals surface area contributed by atoms with Crippen LogP contribution in [0.2, 0.25) is 0 Å². The van der Waals surface area contributed by atoms with Gasteiger partial charge in [-0.3, -0.25) is 14.7 Å². The minimum absolute atomic E-state index is 0.0825. The molecule has 1 fully saturated rings. The Morgan fingerprint density at radius 1 is 1.24 bits per heavy atom. The minimum atomic E-state index is -0.0825. The van der Waals surface area contributed by atoms with Gasteiger partial charge in [-0.25, -0.2) is 4.68 Å². The molecule has 7 nitrogen and oxygen atoms in total. The van der Waals surface area contributed by atoms with Gasteiger partial charge in [0.2, 0.25) is 0 Å². The van der Waals surface area contributed by atoms with E-state index < -0.39 is 0 Å². The highest BCUT2D eigenvalue weighted by Gasteiger charge is 2.26. The van der Waals surface area contributed by atoms with Gasteiger partial charge in [0.25, 0.3) is 5.56 Å². The molecule has 0 bridgehead atoms. The SMILES string of the molecule is O=c1ccc(-c2cccnc2)nn1CC1CCCN1Cc1ccon1. The Hall–Kier alpha value is -2.80. The van der Waals surface area contributed by atoms with Gasteiger partial charge >= 0.3 is 0 Å². The summed E-state index contributed by atoms with van der Waals surface area (Å²) in [5.74, 6) is 0. The quantitative estimate of drug-likeness (QED) is 0.708. The topological polar surface area (TPSA) is 77.0 Å². The molecule has 4 rings (SSSR count). The molecule has 0 saturated carbocycles. The fourth-order valence-corrected chi connectivity index (χ4v) is 3.28. The first-order valence-electron chi connectivity index (χ1n) is 8.41. The zero-order valence-electron chi connectivity index (χ0n) is 13.8. The Morgan fingerprint density at radius 3 is 3.00 bits per heavy atom. The molecule has 1 atom stereocenters. The largest absolute Gasteiger partial charge is 0.364 e. The van der Waals surface area contributed by atoms with Crippen LogP contribution in [0.25, 0.3) is 11.3 Å². The summed E-state index contributed by atoms with van der Waals surface area (Å²) in [6.45, 7) is 2.30. The third kappa shape index (κ3) is 3.51. The number of hydrogen-bond acceptors (Lipinski definition) is 6. The van der Waals surface area contributed by atoms with Crippen molar-refractivity contribution in [2.75, 3.05) is 6.54 Å². The molecule has 128 valence electrons. The first-order chi connectivity index (χ1) is 12.3. The molecule has 4 heterocycles. The molecule has 7 heteroatoms. The monoisotopic (exact) mass is 337 g/mol. The van der Waals surface area contributed by atoms with E-state index in [1.165, 1.54) is 0 Å². The van der Waals surface area contributed by atoms with E-state index in [1.807, 2.05) is 18.2 Å². The number of nitrogens with zero attached hydrogens (tertiary/aromatic N) is 5. The predicted molar refractivity (Wildman–Crippen MR) is 91.7 cm³/mol. The van der Waals surface area contributed by atoms with E-state index in [0.717, 1.165) is 42.9 Å². The van der Waals surface area contributed by atoms with Gasteiger partial charge in [-0.2, -0.15) is 5.10 Å². The average Bonchev–Trinajstić information content (AvgIpc) is 3.31. The highest BCUT2D eigenvalue weighted by Crippen LogP contribution is 2.21. The van der Waals surface area contributed by atoms with E-state index in [0.29, 0.717) is 6.54 Å². The van der Waals surface area contributed by atoms with Crippen LogP contribution in [0.1, 0.15) is 18.5 Å². The van der Waals surface area contributed by atoms with Gasteiger partial charge in [0.15, 0.2) is 0 Å². The Labute approximate surface area is 144 Å². The van der Waals surface area contributed by atoms with Gasteiger partial charge < -0.3 is 4.52 Å². The number of hydrogen-bond donors (Lipinski definition) is 0. The summed E-state index contributed by atoms with van der Waals surface area (Å²) < 4.78 is 6.48. The normalized spacial score (nSPS) is 17.8. The number of aromatic nitrogens is 4. The number of rotatable bonds is 5. The second-order valence-corrected chi connectivity index (χ2v) is 6.24. The van der Waals surface area contributed by atoms with E-state index in [4.69, 9.17) is 4.52 Å². The predicted octanol–water partition coefficient (Wildman–Crippen LogP) is 1.96. The standard InChI is InChI=1S/C18H19N5O2/c24-18-6-5-17(14-3-1-8-19-11-14)20-23(18)13-16-4-2-9-22(16)12-15-7-10-25-21-15/h1,3,5-8,10-11,16H,2,4,9,12-13H2. The number of pyridine rings is 1. The van der Waals surface area contributed by atoms with Crippen molar-refractivity contribution in [2.45, 2.75) is 32.0 Å². The fraction of sp³-hybridized carbons (Fsp3) is 0.333. The first-order valence-corrected chi connectivity index (χ1v) is 8.41. The molecule has 0 spiro atoms. The van der Waals surface area contributed by atoms with E-state index in [-0.39, 0.29) is 11.6 Å². The van der Waals surface area contributed by atoms with Crippen LogP contribution in [0.5, 0.6) is 0 Å². The Morgan fingerprint density at radius 2 is 2.20 bits per heavy atom. The van der Waals surface area contributed by atoms with Crippen molar-refractivity contribution in [1.29, 1.82) is 0 Å². The van der Waals surface area contributed by atoms with Crippen LogP contribution in [0, 0.1) is 0 Å². The van der Waals surface area contributed by atoms with Gasteiger partial charge in [0.05, 0.1) is 17.9 Å². The summed E-state index contributed by atoms with van der Waals surface area (Å²) in [6, 6.07) is 9.28. The maximum Gasteiger partial charge on any atom is 0.266 e. The van der Waals surface area contributed by atoms with Gasteiger partial charge in [-0.05, 0) is 37.6 Å². The molecule has 3 aromatic heterocycles. The zero-order chi connectivity index (χ0) is 17.1. The van der Waals surface area contributed by atoms with Crippen molar-refractivity contribution in [3.63, 3.8) is 0 Å². The Bertz CT molecular complexity index is 876. The summed E-state index contributed by atoms with van der Waals surface area (Å²) in [5, 5.41) is 8.53. The smallest absolute Gasteiger partial charge is 0.266 e. The van der Waals surface area contributed by atoms with Crippen molar-refractivity contribution in [1.82, 2.24) is 24.8 Å². The van der Waals surface area contributed by atoms with Crippen molar-refractivity contribution in [3.8, 4) is 11.3 Å². The second kappa shape index (κ2) is 6.98.